The van der Waals surface area contributed by atoms with Crippen molar-refractivity contribution in [2.45, 2.75) is 32.3 Å². The van der Waals surface area contributed by atoms with Crippen LogP contribution in [0.25, 0.3) is 0 Å². The maximum atomic E-state index is 11.1. The molecule has 1 aliphatic heterocycles. The van der Waals surface area contributed by atoms with Gasteiger partial charge in [0.25, 0.3) is 0 Å². The molecule has 1 heterocycles. The lowest BCUT2D eigenvalue weighted by Gasteiger charge is -2.35. The summed E-state index contributed by atoms with van der Waals surface area (Å²) in [6.45, 7) is 4.02. The summed E-state index contributed by atoms with van der Waals surface area (Å²) in [5, 5.41) is 9.12. The third-order valence-corrected chi connectivity index (χ3v) is 3.19. The molecule has 5 nitrogen and oxygen atoms in total. The van der Waals surface area contributed by atoms with Gasteiger partial charge in [-0.05, 0) is 0 Å². The number of terminal acetylenes is 1. The number of para-hydroxylation sites is 1. The van der Waals surface area contributed by atoms with Crippen LogP contribution in [0, 0.1) is 12.3 Å². The standard InChI is InChI=1S/C15H17NO4/c1-5-12(16(4)14(17)18)11-8-6-7-10-9-19-15(2,3)20-13(10)11/h1,6-8,12H,9H2,2-4H3,(H,17,18). The number of nitrogens with zero attached hydrogens (tertiary/aromatic N) is 1. The average Bonchev–Trinajstić information content (AvgIpc) is 2.39. The number of hydrogen-bond donors (Lipinski definition) is 1. The molecule has 0 spiro atoms. The zero-order valence-electron chi connectivity index (χ0n) is 11.7. The van der Waals surface area contributed by atoms with E-state index in [1.54, 1.807) is 19.9 Å². The number of carbonyl (C=O) groups is 1. The fraction of sp³-hybridized carbons (Fsp3) is 0.400. The maximum Gasteiger partial charge on any atom is 0.408 e. The minimum Gasteiger partial charge on any atom is -0.465 e. The van der Waals surface area contributed by atoms with Gasteiger partial charge in [-0.2, -0.15) is 0 Å². The molecule has 1 aromatic carbocycles. The van der Waals surface area contributed by atoms with E-state index in [1.807, 2.05) is 12.1 Å². The topological polar surface area (TPSA) is 59.0 Å². The summed E-state index contributed by atoms with van der Waals surface area (Å²) >= 11 is 0. The molecule has 1 unspecified atom stereocenters. The van der Waals surface area contributed by atoms with Crippen molar-refractivity contribution in [3.63, 3.8) is 0 Å². The summed E-state index contributed by atoms with van der Waals surface area (Å²) in [7, 11) is 1.44. The third-order valence-electron chi connectivity index (χ3n) is 3.19. The van der Waals surface area contributed by atoms with E-state index in [0.29, 0.717) is 17.9 Å². The number of rotatable bonds is 2. The van der Waals surface area contributed by atoms with E-state index in [9.17, 15) is 4.79 Å². The van der Waals surface area contributed by atoms with E-state index in [-0.39, 0.29) is 0 Å². The second-order valence-electron chi connectivity index (χ2n) is 5.09. The van der Waals surface area contributed by atoms with E-state index in [1.165, 1.54) is 7.05 Å². The van der Waals surface area contributed by atoms with E-state index in [4.69, 9.17) is 21.0 Å². The Labute approximate surface area is 118 Å². The van der Waals surface area contributed by atoms with E-state index < -0.39 is 17.9 Å². The molecule has 20 heavy (non-hydrogen) atoms. The summed E-state index contributed by atoms with van der Waals surface area (Å²) in [5.74, 6) is 2.35. The highest BCUT2D eigenvalue weighted by molar-refractivity contribution is 5.66. The molecule has 0 aromatic heterocycles. The molecule has 1 amide bonds. The van der Waals surface area contributed by atoms with Crippen molar-refractivity contribution in [2.75, 3.05) is 7.05 Å². The predicted octanol–water partition coefficient (Wildman–Crippen LogP) is 2.62. The number of hydrogen-bond acceptors (Lipinski definition) is 3. The van der Waals surface area contributed by atoms with Crippen LogP contribution in [0.5, 0.6) is 5.75 Å². The summed E-state index contributed by atoms with van der Waals surface area (Å²) in [4.78, 5) is 12.2. The molecule has 2 rings (SSSR count). The van der Waals surface area contributed by atoms with Crippen LogP contribution >= 0.6 is 0 Å². The lowest BCUT2D eigenvalue weighted by molar-refractivity contribution is -0.180. The second kappa shape index (κ2) is 5.06. The molecule has 0 aliphatic carbocycles. The first-order valence-electron chi connectivity index (χ1n) is 6.22. The third kappa shape index (κ3) is 2.56. The smallest absolute Gasteiger partial charge is 0.408 e. The van der Waals surface area contributed by atoms with Gasteiger partial charge in [-0.15, -0.1) is 6.42 Å². The van der Waals surface area contributed by atoms with Gasteiger partial charge >= 0.3 is 6.09 Å². The Morgan fingerprint density at radius 2 is 2.25 bits per heavy atom. The highest BCUT2D eigenvalue weighted by atomic mass is 16.7. The predicted molar refractivity (Wildman–Crippen MR) is 73.3 cm³/mol. The second-order valence-corrected chi connectivity index (χ2v) is 5.09. The van der Waals surface area contributed by atoms with Crippen LogP contribution in [0.15, 0.2) is 18.2 Å². The molecule has 1 aliphatic rings. The molecule has 1 aromatic rings. The van der Waals surface area contributed by atoms with Crippen LogP contribution in [-0.4, -0.2) is 28.9 Å². The molecule has 0 radical (unpaired) electrons. The zero-order chi connectivity index (χ0) is 14.9. The minimum absolute atomic E-state index is 0.407. The molecule has 1 atom stereocenters. The van der Waals surface area contributed by atoms with E-state index in [0.717, 1.165) is 10.5 Å². The molecular weight excluding hydrogens is 258 g/mol. The van der Waals surface area contributed by atoms with Crippen LogP contribution in [0.4, 0.5) is 4.79 Å². The van der Waals surface area contributed by atoms with Crippen molar-refractivity contribution in [2.24, 2.45) is 0 Å². The lowest BCUT2D eigenvalue weighted by Crippen LogP contribution is -2.37. The Kier molecular flexibility index (Phi) is 3.60. The number of ether oxygens (including phenoxy) is 2. The van der Waals surface area contributed by atoms with Gasteiger partial charge in [0.05, 0.1) is 6.61 Å². The molecule has 0 saturated carbocycles. The Hall–Kier alpha value is -2.19. The van der Waals surface area contributed by atoms with Crippen molar-refractivity contribution in [1.82, 2.24) is 4.90 Å². The molecule has 0 saturated heterocycles. The molecule has 1 N–H and O–H groups in total. The van der Waals surface area contributed by atoms with Crippen LogP contribution in [0.3, 0.4) is 0 Å². The van der Waals surface area contributed by atoms with Crippen LogP contribution < -0.4 is 4.74 Å². The Morgan fingerprint density at radius 3 is 2.85 bits per heavy atom. The number of fused-ring (bicyclic) bond motifs is 1. The Balaban J connectivity index is 2.48. The summed E-state index contributed by atoms with van der Waals surface area (Å²) in [6.07, 6.45) is 4.42. The zero-order valence-corrected chi connectivity index (χ0v) is 11.7. The van der Waals surface area contributed by atoms with Crippen molar-refractivity contribution in [1.29, 1.82) is 0 Å². The van der Waals surface area contributed by atoms with Gasteiger partial charge < -0.3 is 14.6 Å². The summed E-state index contributed by atoms with van der Waals surface area (Å²) in [6, 6.07) is 4.78. The van der Waals surface area contributed by atoms with E-state index >= 15 is 0 Å². The van der Waals surface area contributed by atoms with E-state index in [2.05, 4.69) is 5.92 Å². The highest BCUT2D eigenvalue weighted by Crippen LogP contribution is 2.38. The highest BCUT2D eigenvalue weighted by Gasteiger charge is 2.32. The van der Waals surface area contributed by atoms with Crippen molar-refractivity contribution in [3.8, 4) is 18.1 Å². The Morgan fingerprint density at radius 1 is 1.55 bits per heavy atom. The number of carboxylic acid groups (broad SMARTS) is 1. The average molecular weight is 275 g/mol. The first kappa shape index (κ1) is 14.2. The van der Waals surface area contributed by atoms with Gasteiger partial charge in [0.15, 0.2) is 0 Å². The minimum atomic E-state index is -1.09. The molecule has 0 bridgehead atoms. The largest absolute Gasteiger partial charge is 0.465 e. The van der Waals surface area contributed by atoms with Crippen molar-refractivity contribution in [3.05, 3.63) is 29.3 Å². The van der Waals surface area contributed by atoms with Crippen molar-refractivity contribution >= 4 is 6.09 Å². The number of benzene rings is 1. The van der Waals surface area contributed by atoms with Gasteiger partial charge in [-0.1, -0.05) is 24.1 Å². The first-order chi connectivity index (χ1) is 9.35. The summed E-state index contributed by atoms with van der Waals surface area (Å²) in [5.41, 5.74) is 1.52. The quantitative estimate of drug-likeness (QED) is 0.843. The van der Waals surface area contributed by atoms with Gasteiger partial charge in [0, 0.05) is 32.0 Å². The van der Waals surface area contributed by atoms with Gasteiger partial charge in [-0.3, -0.25) is 4.90 Å². The van der Waals surface area contributed by atoms with Crippen LogP contribution in [0.2, 0.25) is 0 Å². The Bertz CT molecular complexity index is 574. The maximum absolute atomic E-state index is 11.1. The SMILES string of the molecule is C#CC(c1cccc2c1OC(C)(C)OC2)N(C)C(=O)O. The first-order valence-corrected chi connectivity index (χ1v) is 6.22. The van der Waals surface area contributed by atoms with Gasteiger partial charge in [0.1, 0.15) is 11.8 Å². The van der Waals surface area contributed by atoms with Crippen LogP contribution in [-0.2, 0) is 11.3 Å². The fourth-order valence-electron chi connectivity index (χ4n) is 2.11. The fourth-order valence-corrected chi connectivity index (χ4v) is 2.11. The lowest BCUT2D eigenvalue weighted by atomic mass is 10.0. The molecule has 5 heteroatoms. The number of amides is 1. The summed E-state index contributed by atoms with van der Waals surface area (Å²) < 4.78 is 11.4. The molecule has 0 fully saturated rings. The molecular formula is C15H17NO4. The van der Waals surface area contributed by atoms with Crippen molar-refractivity contribution < 1.29 is 19.4 Å². The van der Waals surface area contributed by atoms with Gasteiger partial charge in [0.2, 0.25) is 5.79 Å². The van der Waals surface area contributed by atoms with Crippen LogP contribution in [0.1, 0.15) is 31.0 Å². The normalized spacial score (nSPS) is 17.3. The monoisotopic (exact) mass is 275 g/mol. The van der Waals surface area contributed by atoms with Gasteiger partial charge in [-0.25, -0.2) is 4.79 Å². The molecule has 106 valence electrons.